The smallest absolute Gasteiger partial charge is 0.0886 e. The highest BCUT2D eigenvalue weighted by atomic mass is 16.5. The van der Waals surface area contributed by atoms with Crippen LogP contribution >= 0.6 is 0 Å². The van der Waals surface area contributed by atoms with Crippen molar-refractivity contribution in [2.45, 2.75) is 51.2 Å². The zero-order valence-electron chi connectivity index (χ0n) is 12.1. The molecule has 19 heavy (non-hydrogen) atoms. The van der Waals surface area contributed by atoms with Gasteiger partial charge in [-0.1, -0.05) is 13.0 Å². The van der Waals surface area contributed by atoms with Crippen LogP contribution in [0.3, 0.4) is 0 Å². The summed E-state index contributed by atoms with van der Waals surface area (Å²) in [5, 5.41) is 0. The number of hydrogen-bond donors (Lipinski definition) is 2. The molecule has 0 radical (unpaired) electrons. The van der Waals surface area contributed by atoms with Crippen molar-refractivity contribution in [1.82, 2.24) is 10.4 Å². The molecule has 1 heterocycles. The molecule has 4 nitrogen and oxygen atoms in total. The number of hydrazine groups is 1. The highest BCUT2D eigenvalue weighted by molar-refractivity contribution is 5.23. The Morgan fingerprint density at radius 1 is 1.42 bits per heavy atom. The van der Waals surface area contributed by atoms with Gasteiger partial charge in [-0.3, -0.25) is 16.3 Å². The van der Waals surface area contributed by atoms with E-state index in [1.54, 1.807) is 7.11 Å². The number of methoxy groups -OCH3 is 1. The van der Waals surface area contributed by atoms with Gasteiger partial charge < -0.3 is 4.74 Å². The van der Waals surface area contributed by atoms with Gasteiger partial charge in [0.2, 0.25) is 0 Å². The van der Waals surface area contributed by atoms with E-state index in [9.17, 15) is 0 Å². The zero-order chi connectivity index (χ0) is 13.9. The maximum absolute atomic E-state index is 5.90. The summed E-state index contributed by atoms with van der Waals surface area (Å²) in [7, 11) is 1.80. The Morgan fingerprint density at radius 2 is 2.11 bits per heavy atom. The summed E-state index contributed by atoms with van der Waals surface area (Å²) in [5.41, 5.74) is 5.00. The molecule has 0 aliphatic heterocycles. The van der Waals surface area contributed by atoms with Crippen LogP contribution in [0, 0.1) is 12.8 Å². The van der Waals surface area contributed by atoms with Crippen molar-refractivity contribution in [2.75, 3.05) is 7.11 Å². The Bertz CT molecular complexity index is 414. The average Bonchev–Trinajstić information content (AvgIpc) is 2.42. The maximum Gasteiger partial charge on any atom is 0.0886 e. The molecular weight excluding hydrogens is 238 g/mol. The lowest BCUT2D eigenvalue weighted by Gasteiger charge is -2.43. The molecule has 0 spiro atoms. The second-order valence-electron chi connectivity index (χ2n) is 5.85. The van der Waals surface area contributed by atoms with Crippen LogP contribution in [0.5, 0.6) is 0 Å². The molecule has 3 N–H and O–H groups in total. The van der Waals surface area contributed by atoms with E-state index < -0.39 is 0 Å². The fraction of sp³-hybridized carbons (Fsp3) is 0.667. The minimum absolute atomic E-state index is 0.00241. The standard InChI is InChI=1S/C15H25N3O/c1-11-4-6-15(19-3,7-5-11)14(18-16)13-8-12(2)9-17-10-13/h8-11,14,18H,4-7,16H2,1-3H3. The van der Waals surface area contributed by atoms with Gasteiger partial charge in [-0.25, -0.2) is 0 Å². The zero-order valence-corrected chi connectivity index (χ0v) is 12.1. The molecule has 1 aromatic heterocycles. The van der Waals surface area contributed by atoms with Crippen molar-refractivity contribution in [3.8, 4) is 0 Å². The van der Waals surface area contributed by atoms with Gasteiger partial charge in [0.05, 0.1) is 11.6 Å². The summed E-state index contributed by atoms with van der Waals surface area (Å²) >= 11 is 0. The number of ether oxygens (including phenoxy) is 1. The van der Waals surface area contributed by atoms with Crippen LogP contribution in [0.4, 0.5) is 0 Å². The number of rotatable bonds is 4. The van der Waals surface area contributed by atoms with E-state index in [2.05, 4.69) is 23.4 Å². The van der Waals surface area contributed by atoms with Gasteiger partial charge in [-0.2, -0.15) is 0 Å². The second kappa shape index (κ2) is 5.99. The van der Waals surface area contributed by atoms with Crippen LogP contribution in [0.2, 0.25) is 0 Å². The number of nitrogens with two attached hydrogens (primary N) is 1. The Kier molecular flexibility index (Phi) is 4.55. The van der Waals surface area contributed by atoms with Crippen LogP contribution < -0.4 is 11.3 Å². The summed E-state index contributed by atoms with van der Waals surface area (Å²) in [5.74, 6) is 6.60. The van der Waals surface area contributed by atoms with Crippen LogP contribution in [-0.4, -0.2) is 17.7 Å². The SMILES string of the molecule is COC1(C(NN)c2cncc(C)c2)CCC(C)CC1. The molecule has 1 unspecified atom stereocenters. The first kappa shape index (κ1) is 14.4. The Hall–Kier alpha value is -0.970. The van der Waals surface area contributed by atoms with Crippen LogP contribution in [-0.2, 0) is 4.74 Å². The van der Waals surface area contributed by atoms with Crippen molar-refractivity contribution >= 4 is 0 Å². The maximum atomic E-state index is 5.90. The van der Waals surface area contributed by atoms with Gasteiger partial charge in [0.15, 0.2) is 0 Å². The molecule has 1 fully saturated rings. The highest BCUT2D eigenvalue weighted by Crippen LogP contribution is 2.42. The third kappa shape index (κ3) is 2.96. The van der Waals surface area contributed by atoms with Gasteiger partial charge in [-0.15, -0.1) is 0 Å². The molecule has 2 rings (SSSR count). The number of nitrogens with one attached hydrogen (secondary N) is 1. The van der Waals surface area contributed by atoms with E-state index in [-0.39, 0.29) is 11.6 Å². The molecule has 1 aliphatic carbocycles. The second-order valence-corrected chi connectivity index (χ2v) is 5.85. The summed E-state index contributed by atoms with van der Waals surface area (Å²) in [6, 6.07) is 2.13. The molecule has 1 saturated carbocycles. The largest absolute Gasteiger partial charge is 0.376 e. The van der Waals surface area contributed by atoms with E-state index in [0.717, 1.165) is 29.9 Å². The predicted octanol–water partition coefficient (Wildman–Crippen LogP) is 2.49. The van der Waals surface area contributed by atoms with Crippen molar-refractivity contribution < 1.29 is 4.74 Å². The average molecular weight is 263 g/mol. The van der Waals surface area contributed by atoms with E-state index in [0.29, 0.717) is 0 Å². The van der Waals surface area contributed by atoms with Gasteiger partial charge >= 0.3 is 0 Å². The van der Waals surface area contributed by atoms with Gasteiger partial charge in [0.25, 0.3) is 0 Å². The Labute approximate surface area is 115 Å². The highest BCUT2D eigenvalue weighted by Gasteiger charge is 2.42. The van der Waals surface area contributed by atoms with Crippen LogP contribution in [0.25, 0.3) is 0 Å². The monoisotopic (exact) mass is 263 g/mol. The van der Waals surface area contributed by atoms with E-state index in [1.807, 2.05) is 19.3 Å². The fourth-order valence-corrected chi connectivity index (χ4v) is 3.15. The molecule has 1 aromatic rings. The minimum atomic E-state index is -0.212. The summed E-state index contributed by atoms with van der Waals surface area (Å²) in [6.07, 6.45) is 8.19. The lowest BCUT2D eigenvalue weighted by Crippen LogP contribution is -2.50. The number of nitrogens with zero attached hydrogens (tertiary/aromatic N) is 1. The minimum Gasteiger partial charge on any atom is -0.376 e. The van der Waals surface area contributed by atoms with E-state index in [1.165, 1.54) is 12.8 Å². The first-order valence-electron chi connectivity index (χ1n) is 7.04. The van der Waals surface area contributed by atoms with E-state index >= 15 is 0 Å². The topological polar surface area (TPSA) is 60.2 Å². The number of pyridine rings is 1. The fourth-order valence-electron chi connectivity index (χ4n) is 3.15. The molecule has 0 saturated heterocycles. The van der Waals surface area contributed by atoms with Gasteiger partial charge in [0, 0.05) is 19.5 Å². The number of aromatic nitrogens is 1. The van der Waals surface area contributed by atoms with Crippen molar-refractivity contribution in [1.29, 1.82) is 0 Å². The number of hydrogen-bond acceptors (Lipinski definition) is 4. The summed E-state index contributed by atoms with van der Waals surface area (Å²) in [4.78, 5) is 4.28. The summed E-state index contributed by atoms with van der Waals surface area (Å²) in [6.45, 7) is 4.35. The Morgan fingerprint density at radius 3 is 2.63 bits per heavy atom. The third-order valence-corrected chi connectivity index (χ3v) is 4.45. The Balaban J connectivity index is 2.28. The lowest BCUT2D eigenvalue weighted by molar-refractivity contribution is -0.0762. The van der Waals surface area contributed by atoms with Crippen molar-refractivity contribution in [3.63, 3.8) is 0 Å². The molecule has 0 aromatic carbocycles. The third-order valence-electron chi connectivity index (χ3n) is 4.45. The normalized spacial score (nSPS) is 29.2. The number of aryl methyl sites for hydroxylation is 1. The van der Waals surface area contributed by atoms with Gasteiger partial charge in [-0.05, 0) is 49.7 Å². The first-order valence-corrected chi connectivity index (χ1v) is 7.04. The van der Waals surface area contributed by atoms with E-state index in [4.69, 9.17) is 10.6 Å². The quantitative estimate of drug-likeness (QED) is 0.647. The lowest BCUT2D eigenvalue weighted by atomic mass is 9.73. The molecule has 0 bridgehead atoms. The molecule has 0 amide bonds. The predicted molar refractivity (Wildman–Crippen MR) is 76.4 cm³/mol. The van der Waals surface area contributed by atoms with Gasteiger partial charge in [0.1, 0.15) is 0 Å². The molecule has 1 atom stereocenters. The molecule has 4 heteroatoms. The molecule has 1 aliphatic rings. The first-order chi connectivity index (χ1) is 9.11. The van der Waals surface area contributed by atoms with Crippen molar-refractivity contribution in [2.24, 2.45) is 11.8 Å². The molecular formula is C15H25N3O. The molecule has 106 valence electrons. The van der Waals surface area contributed by atoms with Crippen LogP contribution in [0.15, 0.2) is 18.5 Å². The summed E-state index contributed by atoms with van der Waals surface area (Å²) < 4.78 is 5.90. The van der Waals surface area contributed by atoms with Crippen molar-refractivity contribution in [3.05, 3.63) is 29.6 Å². The van der Waals surface area contributed by atoms with Crippen LogP contribution in [0.1, 0.15) is 49.8 Å².